The quantitative estimate of drug-likeness (QED) is 0.629. The van der Waals surface area contributed by atoms with Crippen molar-refractivity contribution >= 4 is 27.5 Å². The van der Waals surface area contributed by atoms with Crippen molar-refractivity contribution in [1.82, 2.24) is 0 Å². The lowest BCUT2D eigenvalue weighted by molar-refractivity contribution is 0.911. The summed E-state index contributed by atoms with van der Waals surface area (Å²) in [5.41, 5.74) is 6.59. The van der Waals surface area contributed by atoms with E-state index in [4.69, 9.17) is 11.6 Å². The molecule has 1 unspecified atom stereocenters. The number of fused-ring (bicyclic) bond motifs is 1. The third-order valence-electron chi connectivity index (χ3n) is 3.89. The van der Waals surface area contributed by atoms with Crippen LogP contribution in [0.4, 0.5) is 0 Å². The zero-order chi connectivity index (χ0) is 13.4. The fraction of sp³-hybridized carbons (Fsp3) is 0.294. The molecule has 19 heavy (non-hydrogen) atoms. The molecular formula is C17H16BrCl. The Morgan fingerprint density at radius 2 is 1.68 bits per heavy atom. The monoisotopic (exact) mass is 334 g/mol. The van der Waals surface area contributed by atoms with E-state index < -0.39 is 0 Å². The average Bonchev–Trinajstić information content (AvgIpc) is 2.88. The molecule has 0 N–H and O–H groups in total. The number of hydrogen-bond donors (Lipinski definition) is 0. The molecule has 0 amide bonds. The van der Waals surface area contributed by atoms with E-state index in [-0.39, 0.29) is 5.38 Å². The smallest absolute Gasteiger partial charge is 0.0835 e. The molecule has 0 aliphatic heterocycles. The molecule has 1 aliphatic carbocycles. The second kappa shape index (κ2) is 5.30. The Morgan fingerprint density at radius 1 is 1.00 bits per heavy atom. The zero-order valence-electron chi connectivity index (χ0n) is 10.9. The Balaban J connectivity index is 1.94. The van der Waals surface area contributed by atoms with E-state index in [0.717, 1.165) is 4.47 Å². The summed E-state index contributed by atoms with van der Waals surface area (Å²) in [4.78, 5) is 0. The Kier molecular flexibility index (Phi) is 3.68. The van der Waals surface area contributed by atoms with Crippen molar-refractivity contribution in [2.45, 2.75) is 31.6 Å². The van der Waals surface area contributed by atoms with Crippen molar-refractivity contribution in [1.29, 1.82) is 0 Å². The minimum Gasteiger partial charge on any atom is -0.113 e. The predicted octanol–water partition coefficient (Wildman–Crippen LogP) is 5.57. The maximum Gasteiger partial charge on any atom is 0.0835 e. The van der Waals surface area contributed by atoms with E-state index in [1.54, 1.807) is 0 Å². The SMILES string of the molecule is Cc1cc(C(Cl)c2ccc3c(c2)CCC3)ccc1Br. The van der Waals surface area contributed by atoms with Crippen molar-refractivity contribution in [3.05, 3.63) is 68.7 Å². The van der Waals surface area contributed by atoms with Gasteiger partial charge in [0.25, 0.3) is 0 Å². The van der Waals surface area contributed by atoms with Crippen LogP contribution in [0.15, 0.2) is 40.9 Å². The van der Waals surface area contributed by atoms with Gasteiger partial charge in [-0.05, 0) is 60.1 Å². The zero-order valence-corrected chi connectivity index (χ0v) is 13.3. The van der Waals surface area contributed by atoms with Gasteiger partial charge in [-0.3, -0.25) is 0 Å². The maximum absolute atomic E-state index is 6.64. The highest BCUT2D eigenvalue weighted by atomic mass is 79.9. The number of rotatable bonds is 2. The molecular weight excluding hydrogens is 320 g/mol. The first kappa shape index (κ1) is 13.2. The molecule has 0 heterocycles. The first-order valence-corrected chi connectivity index (χ1v) is 7.90. The lowest BCUT2D eigenvalue weighted by atomic mass is 9.99. The topological polar surface area (TPSA) is 0 Å². The van der Waals surface area contributed by atoms with E-state index in [9.17, 15) is 0 Å². The summed E-state index contributed by atoms with van der Waals surface area (Å²) >= 11 is 10.2. The fourth-order valence-corrected chi connectivity index (χ4v) is 3.29. The van der Waals surface area contributed by atoms with Crippen LogP contribution in [0.3, 0.4) is 0 Å². The number of benzene rings is 2. The summed E-state index contributed by atoms with van der Waals surface area (Å²) in [6.07, 6.45) is 3.70. The molecule has 0 saturated heterocycles. The molecule has 2 heteroatoms. The van der Waals surface area contributed by atoms with Gasteiger partial charge in [0.2, 0.25) is 0 Å². The van der Waals surface area contributed by atoms with Gasteiger partial charge in [-0.15, -0.1) is 11.6 Å². The largest absolute Gasteiger partial charge is 0.113 e. The van der Waals surface area contributed by atoms with Crippen LogP contribution >= 0.6 is 27.5 Å². The van der Waals surface area contributed by atoms with Crippen LogP contribution in [0.25, 0.3) is 0 Å². The van der Waals surface area contributed by atoms with E-state index >= 15 is 0 Å². The maximum atomic E-state index is 6.64. The number of alkyl halides is 1. The van der Waals surface area contributed by atoms with E-state index in [1.165, 1.54) is 47.1 Å². The van der Waals surface area contributed by atoms with Gasteiger partial charge in [0.15, 0.2) is 0 Å². The molecule has 0 radical (unpaired) electrons. The molecule has 2 aromatic carbocycles. The lowest BCUT2D eigenvalue weighted by Crippen LogP contribution is -1.96. The molecule has 0 aromatic heterocycles. The number of hydrogen-bond acceptors (Lipinski definition) is 0. The lowest BCUT2D eigenvalue weighted by Gasteiger charge is -2.13. The van der Waals surface area contributed by atoms with Crippen LogP contribution in [0, 0.1) is 6.92 Å². The highest BCUT2D eigenvalue weighted by Gasteiger charge is 2.16. The van der Waals surface area contributed by atoms with Crippen molar-refractivity contribution in [2.75, 3.05) is 0 Å². The highest BCUT2D eigenvalue weighted by Crippen LogP contribution is 2.33. The fourth-order valence-electron chi connectivity index (χ4n) is 2.77. The standard InChI is InChI=1S/C17H16BrCl/c1-11-9-14(7-8-16(11)18)17(19)15-6-5-12-3-2-4-13(12)10-15/h5-10,17H,2-4H2,1H3. The molecule has 98 valence electrons. The minimum absolute atomic E-state index is 0.0577. The molecule has 1 atom stereocenters. The van der Waals surface area contributed by atoms with Gasteiger partial charge in [-0.25, -0.2) is 0 Å². The number of halogens is 2. The Labute approximate surface area is 127 Å². The van der Waals surface area contributed by atoms with Gasteiger partial charge >= 0.3 is 0 Å². The molecule has 0 saturated carbocycles. The molecule has 0 spiro atoms. The first-order valence-electron chi connectivity index (χ1n) is 6.67. The molecule has 2 aromatic rings. The first-order chi connectivity index (χ1) is 9.15. The summed E-state index contributed by atoms with van der Waals surface area (Å²) in [5.74, 6) is 0. The van der Waals surface area contributed by atoms with Crippen molar-refractivity contribution in [2.24, 2.45) is 0 Å². The second-order valence-electron chi connectivity index (χ2n) is 5.25. The van der Waals surface area contributed by atoms with Crippen molar-refractivity contribution < 1.29 is 0 Å². The van der Waals surface area contributed by atoms with Crippen LogP contribution in [0.2, 0.25) is 0 Å². The van der Waals surface area contributed by atoms with Crippen LogP contribution < -0.4 is 0 Å². The average molecular weight is 336 g/mol. The van der Waals surface area contributed by atoms with E-state index in [0.29, 0.717) is 0 Å². The third-order valence-corrected chi connectivity index (χ3v) is 5.28. The van der Waals surface area contributed by atoms with Gasteiger partial charge in [0.1, 0.15) is 0 Å². The summed E-state index contributed by atoms with van der Waals surface area (Å²) in [7, 11) is 0. The summed E-state index contributed by atoms with van der Waals surface area (Å²) in [6, 6.07) is 13.1. The van der Waals surface area contributed by atoms with Crippen LogP contribution in [0.1, 0.15) is 39.6 Å². The minimum atomic E-state index is -0.0577. The predicted molar refractivity (Wildman–Crippen MR) is 85.0 cm³/mol. The molecule has 0 fully saturated rings. The van der Waals surface area contributed by atoms with Crippen molar-refractivity contribution in [3.8, 4) is 0 Å². The number of aryl methyl sites for hydroxylation is 3. The van der Waals surface area contributed by atoms with Crippen LogP contribution in [0.5, 0.6) is 0 Å². The van der Waals surface area contributed by atoms with Crippen LogP contribution in [-0.4, -0.2) is 0 Å². The van der Waals surface area contributed by atoms with E-state index in [1.807, 2.05) is 0 Å². The van der Waals surface area contributed by atoms with Crippen LogP contribution in [-0.2, 0) is 12.8 Å². The Morgan fingerprint density at radius 3 is 2.47 bits per heavy atom. The Hall–Kier alpha value is -0.790. The highest BCUT2D eigenvalue weighted by molar-refractivity contribution is 9.10. The molecule has 0 nitrogen and oxygen atoms in total. The summed E-state index contributed by atoms with van der Waals surface area (Å²) in [5, 5.41) is -0.0577. The normalized spacial score (nSPS) is 15.3. The molecule has 0 bridgehead atoms. The molecule has 3 rings (SSSR count). The Bertz CT molecular complexity index is 619. The summed E-state index contributed by atoms with van der Waals surface area (Å²) < 4.78 is 1.13. The third kappa shape index (κ3) is 2.59. The van der Waals surface area contributed by atoms with Gasteiger partial charge in [-0.2, -0.15) is 0 Å². The second-order valence-corrected chi connectivity index (χ2v) is 6.54. The van der Waals surface area contributed by atoms with Crippen molar-refractivity contribution in [3.63, 3.8) is 0 Å². The van der Waals surface area contributed by atoms with Gasteiger partial charge in [0, 0.05) is 4.47 Å². The summed E-state index contributed by atoms with van der Waals surface area (Å²) in [6.45, 7) is 2.10. The van der Waals surface area contributed by atoms with E-state index in [2.05, 4.69) is 59.3 Å². The van der Waals surface area contributed by atoms with Gasteiger partial charge in [-0.1, -0.05) is 46.3 Å². The van der Waals surface area contributed by atoms with Gasteiger partial charge < -0.3 is 0 Å². The van der Waals surface area contributed by atoms with Gasteiger partial charge in [0.05, 0.1) is 5.38 Å². The molecule has 1 aliphatic rings.